The van der Waals surface area contributed by atoms with Gasteiger partial charge in [-0.15, -0.1) is 11.3 Å². The van der Waals surface area contributed by atoms with Gasteiger partial charge in [0.05, 0.1) is 19.0 Å². The summed E-state index contributed by atoms with van der Waals surface area (Å²) in [6.45, 7) is 1.74. The number of nitrogens with zero attached hydrogens (tertiary/aromatic N) is 2. The molecule has 0 aliphatic rings. The molecular weight excluding hydrogens is 325 g/mol. The molecule has 122 valence electrons. The van der Waals surface area contributed by atoms with Crippen molar-refractivity contribution in [2.45, 2.75) is 6.92 Å². The van der Waals surface area contributed by atoms with E-state index in [4.69, 9.17) is 4.74 Å². The quantitative estimate of drug-likeness (QED) is 0.540. The molecule has 24 heavy (non-hydrogen) atoms. The lowest BCUT2D eigenvalue weighted by Gasteiger charge is -2.00. The molecular formula is C18H16FN3OS. The molecule has 2 aromatic carbocycles. The molecule has 0 saturated heterocycles. The van der Waals surface area contributed by atoms with Gasteiger partial charge in [0.25, 0.3) is 0 Å². The average Bonchev–Trinajstić information content (AvgIpc) is 3.07. The van der Waals surface area contributed by atoms with Gasteiger partial charge in [0.1, 0.15) is 11.6 Å². The van der Waals surface area contributed by atoms with E-state index in [1.165, 1.54) is 17.4 Å². The number of benzene rings is 2. The van der Waals surface area contributed by atoms with Crippen LogP contribution in [0.3, 0.4) is 0 Å². The summed E-state index contributed by atoms with van der Waals surface area (Å²) in [6, 6.07) is 12.5. The SMILES string of the molecule is COc1ccc(/C=N/Nc2nc(-c3ccc(F)c(C)c3)cs2)cc1. The van der Waals surface area contributed by atoms with E-state index in [2.05, 4.69) is 15.5 Å². The van der Waals surface area contributed by atoms with Crippen molar-refractivity contribution < 1.29 is 9.13 Å². The molecule has 0 bridgehead atoms. The van der Waals surface area contributed by atoms with Gasteiger partial charge in [-0.2, -0.15) is 5.10 Å². The molecule has 0 atom stereocenters. The molecule has 1 aromatic heterocycles. The Labute approximate surface area is 143 Å². The monoisotopic (exact) mass is 341 g/mol. The first kappa shape index (κ1) is 16.1. The maximum absolute atomic E-state index is 13.3. The molecule has 1 N–H and O–H groups in total. The lowest BCUT2D eigenvalue weighted by molar-refractivity contribution is 0.415. The third-order valence-electron chi connectivity index (χ3n) is 3.45. The Morgan fingerprint density at radius 2 is 2.00 bits per heavy atom. The highest BCUT2D eigenvalue weighted by Crippen LogP contribution is 2.26. The summed E-state index contributed by atoms with van der Waals surface area (Å²) in [5.41, 5.74) is 6.15. The molecule has 0 aliphatic heterocycles. The minimum absolute atomic E-state index is 0.212. The Kier molecular flexibility index (Phi) is 4.86. The van der Waals surface area contributed by atoms with E-state index in [1.54, 1.807) is 32.4 Å². The van der Waals surface area contributed by atoms with Gasteiger partial charge >= 0.3 is 0 Å². The highest BCUT2D eigenvalue weighted by Gasteiger charge is 2.06. The zero-order chi connectivity index (χ0) is 16.9. The number of anilines is 1. The summed E-state index contributed by atoms with van der Waals surface area (Å²) in [6.07, 6.45) is 1.71. The number of aromatic nitrogens is 1. The second kappa shape index (κ2) is 7.23. The van der Waals surface area contributed by atoms with E-state index in [0.29, 0.717) is 10.7 Å². The Balaban J connectivity index is 1.67. The van der Waals surface area contributed by atoms with Crippen LogP contribution in [0.15, 0.2) is 52.9 Å². The van der Waals surface area contributed by atoms with Gasteiger partial charge < -0.3 is 4.74 Å². The standard InChI is InChI=1S/C18H16FN3OS/c1-12-9-14(5-8-16(12)19)17-11-24-18(21-17)22-20-10-13-3-6-15(23-2)7-4-13/h3-11H,1-2H3,(H,21,22)/b20-10+. The van der Waals surface area contributed by atoms with Crippen LogP contribution >= 0.6 is 11.3 Å². The summed E-state index contributed by atoms with van der Waals surface area (Å²) in [7, 11) is 1.63. The number of rotatable bonds is 5. The second-order valence-corrected chi connectivity index (χ2v) is 6.00. The number of methoxy groups -OCH3 is 1. The van der Waals surface area contributed by atoms with E-state index in [-0.39, 0.29) is 5.82 Å². The van der Waals surface area contributed by atoms with E-state index in [0.717, 1.165) is 22.6 Å². The Morgan fingerprint density at radius 3 is 2.71 bits per heavy atom. The summed E-state index contributed by atoms with van der Waals surface area (Å²) < 4.78 is 18.4. The number of hydrazone groups is 1. The molecule has 0 spiro atoms. The smallest absolute Gasteiger partial charge is 0.203 e. The van der Waals surface area contributed by atoms with Crippen LogP contribution < -0.4 is 10.2 Å². The molecule has 0 radical (unpaired) electrons. The van der Waals surface area contributed by atoms with Crippen molar-refractivity contribution in [3.63, 3.8) is 0 Å². The highest BCUT2D eigenvalue weighted by molar-refractivity contribution is 7.14. The predicted molar refractivity (Wildman–Crippen MR) is 96.5 cm³/mol. The van der Waals surface area contributed by atoms with Gasteiger partial charge in [0, 0.05) is 10.9 Å². The van der Waals surface area contributed by atoms with Crippen LogP contribution in [0.2, 0.25) is 0 Å². The van der Waals surface area contributed by atoms with Crippen molar-refractivity contribution in [2.24, 2.45) is 5.10 Å². The first-order chi connectivity index (χ1) is 11.7. The van der Waals surface area contributed by atoms with Gasteiger partial charge in [0.2, 0.25) is 5.13 Å². The summed E-state index contributed by atoms with van der Waals surface area (Å²) in [5.74, 6) is 0.593. The molecule has 0 amide bonds. The Morgan fingerprint density at radius 1 is 1.21 bits per heavy atom. The summed E-state index contributed by atoms with van der Waals surface area (Å²) >= 11 is 1.45. The van der Waals surface area contributed by atoms with E-state index < -0.39 is 0 Å². The maximum atomic E-state index is 13.3. The number of ether oxygens (including phenoxy) is 1. The molecule has 4 nitrogen and oxygen atoms in total. The number of halogens is 1. The first-order valence-corrected chi connectivity index (χ1v) is 8.19. The van der Waals surface area contributed by atoms with Crippen molar-refractivity contribution in [3.8, 4) is 17.0 Å². The van der Waals surface area contributed by atoms with Gasteiger partial charge in [-0.25, -0.2) is 9.37 Å². The number of nitrogens with one attached hydrogen (secondary N) is 1. The first-order valence-electron chi connectivity index (χ1n) is 7.31. The summed E-state index contributed by atoms with van der Waals surface area (Å²) in [4.78, 5) is 4.46. The molecule has 3 rings (SSSR count). The van der Waals surface area contributed by atoms with E-state index in [1.807, 2.05) is 29.6 Å². The number of hydrogen-bond donors (Lipinski definition) is 1. The van der Waals surface area contributed by atoms with Gasteiger partial charge in [-0.05, 0) is 60.5 Å². The van der Waals surface area contributed by atoms with Crippen LogP contribution in [-0.2, 0) is 0 Å². The molecule has 3 aromatic rings. The molecule has 6 heteroatoms. The fourth-order valence-corrected chi connectivity index (χ4v) is 2.78. The predicted octanol–water partition coefficient (Wildman–Crippen LogP) is 4.71. The van der Waals surface area contributed by atoms with Crippen molar-refractivity contribution in [2.75, 3.05) is 12.5 Å². The van der Waals surface area contributed by atoms with Crippen molar-refractivity contribution >= 4 is 22.7 Å². The van der Waals surface area contributed by atoms with Crippen LogP contribution in [0.1, 0.15) is 11.1 Å². The molecule has 0 saturated carbocycles. The fraction of sp³-hybridized carbons (Fsp3) is 0.111. The molecule has 1 heterocycles. The number of thiazole rings is 1. The lowest BCUT2D eigenvalue weighted by Crippen LogP contribution is -1.91. The minimum atomic E-state index is -0.212. The van der Waals surface area contributed by atoms with Crippen LogP contribution in [0, 0.1) is 12.7 Å². The molecule has 0 fully saturated rings. The van der Waals surface area contributed by atoms with Gasteiger partial charge in [-0.1, -0.05) is 0 Å². The Bertz CT molecular complexity index is 859. The topological polar surface area (TPSA) is 46.5 Å². The zero-order valence-electron chi connectivity index (χ0n) is 13.3. The van der Waals surface area contributed by atoms with E-state index in [9.17, 15) is 4.39 Å². The van der Waals surface area contributed by atoms with Crippen molar-refractivity contribution in [3.05, 3.63) is 64.8 Å². The second-order valence-electron chi connectivity index (χ2n) is 5.15. The van der Waals surface area contributed by atoms with Gasteiger partial charge in [-0.3, -0.25) is 5.43 Å². The maximum Gasteiger partial charge on any atom is 0.203 e. The molecule has 0 aliphatic carbocycles. The Hall–Kier alpha value is -2.73. The fourth-order valence-electron chi connectivity index (χ4n) is 2.11. The third-order valence-corrected chi connectivity index (χ3v) is 4.19. The van der Waals surface area contributed by atoms with Crippen LogP contribution in [-0.4, -0.2) is 18.3 Å². The third kappa shape index (κ3) is 3.78. The highest BCUT2D eigenvalue weighted by atomic mass is 32.1. The number of hydrogen-bond acceptors (Lipinski definition) is 5. The average molecular weight is 341 g/mol. The summed E-state index contributed by atoms with van der Waals surface area (Å²) in [5, 5.41) is 6.77. The number of aryl methyl sites for hydroxylation is 1. The molecule has 0 unspecified atom stereocenters. The largest absolute Gasteiger partial charge is 0.497 e. The van der Waals surface area contributed by atoms with Gasteiger partial charge in [0.15, 0.2) is 0 Å². The zero-order valence-corrected chi connectivity index (χ0v) is 14.1. The van der Waals surface area contributed by atoms with Crippen LogP contribution in [0.4, 0.5) is 9.52 Å². The van der Waals surface area contributed by atoms with Crippen LogP contribution in [0.5, 0.6) is 5.75 Å². The van der Waals surface area contributed by atoms with Crippen molar-refractivity contribution in [1.82, 2.24) is 4.98 Å². The lowest BCUT2D eigenvalue weighted by atomic mass is 10.1. The van der Waals surface area contributed by atoms with Crippen molar-refractivity contribution in [1.29, 1.82) is 0 Å². The van der Waals surface area contributed by atoms with Crippen LogP contribution in [0.25, 0.3) is 11.3 Å². The van der Waals surface area contributed by atoms with E-state index >= 15 is 0 Å². The minimum Gasteiger partial charge on any atom is -0.497 e. The normalized spacial score (nSPS) is 11.0.